The summed E-state index contributed by atoms with van der Waals surface area (Å²) >= 11 is 0. The van der Waals surface area contributed by atoms with E-state index in [0.717, 1.165) is 6.42 Å². The molecule has 0 saturated heterocycles. The maximum atomic E-state index is 12.8. The SMILES string of the molecule is CC(N)C1(S(=O)(=O)c2ccc(F)cc2)CCC1. The highest BCUT2D eigenvalue weighted by Crippen LogP contribution is 2.44. The third kappa shape index (κ3) is 1.77. The van der Waals surface area contributed by atoms with Crippen LogP contribution in [0.1, 0.15) is 26.2 Å². The second-order valence-electron chi connectivity index (χ2n) is 4.66. The first-order valence-corrected chi connectivity index (χ1v) is 7.14. The van der Waals surface area contributed by atoms with Gasteiger partial charge in [0, 0.05) is 6.04 Å². The maximum Gasteiger partial charge on any atom is 0.185 e. The van der Waals surface area contributed by atoms with Gasteiger partial charge >= 0.3 is 0 Å². The Morgan fingerprint density at radius 1 is 1.29 bits per heavy atom. The summed E-state index contributed by atoms with van der Waals surface area (Å²) in [5.41, 5.74) is 5.83. The second-order valence-corrected chi connectivity index (χ2v) is 6.96. The molecule has 1 aromatic carbocycles. The van der Waals surface area contributed by atoms with Crippen LogP contribution in [0.15, 0.2) is 29.2 Å². The highest BCUT2D eigenvalue weighted by atomic mass is 32.2. The van der Waals surface area contributed by atoms with Crippen LogP contribution >= 0.6 is 0 Å². The van der Waals surface area contributed by atoms with Crippen LogP contribution in [-0.2, 0) is 9.84 Å². The second kappa shape index (κ2) is 4.07. The van der Waals surface area contributed by atoms with E-state index in [1.54, 1.807) is 6.92 Å². The van der Waals surface area contributed by atoms with Crippen molar-refractivity contribution in [3.63, 3.8) is 0 Å². The zero-order valence-electron chi connectivity index (χ0n) is 9.69. The predicted octanol–water partition coefficient (Wildman–Crippen LogP) is 1.87. The van der Waals surface area contributed by atoms with E-state index in [2.05, 4.69) is 0 Å². The molecule has 1 aliphatic carbocycles. The van der Waals surface area contributed by atoms with Gasteiger partial charge in [0.25, 0.3) is 0 Å². The minimum Gasteiger partial charge on any atom is -0.327 e. The van der Waals surface area contributed by atoms with Crippen LogP contribution in [0.5, 0.6) is 0 Å². The summed E-state index contributed by atoms with van der Waals surface area (Å²) in [5.74, 6) is -0.438. The summed E-state index contributed by atoms with van der Waals surface area (Å²) in [6, 6.07) is 4.55. The highest BCUT2D eigenvalue weighted by molar-refractivity contribution is 7.93. The third-order valence-electron chi connectivity index (χ3n) is 3.69. The standard InChI is InChI=1S/C12H16FNO2S/c1-9(14)12(7-2-8-12)17(15,16)11-5-3-10(13)4-6-11/h3-6,9H,2,7-8,14H2,1H3. The van der Waals surface area contributed by atoms with Gasteiger partial charge in [-0.1, -0.05) is 6.42 Å². The Morgan fingerprint density at radius 2 is 1.82 bits per heavy atom. The molecule has 1 aromatic rings. The molecule has 94 valence electrons. The van der Waals surface area contributed by atoms with Crippen molar-refractivity contribution in [2.24, 2.45) is 5.73 Å². The first kappa shape index (κ1) is 12.5. The fourth-order valence-corrected chi connectivity index (χ4v) is 4.62. The Hall–Kier alpha value is -0.940. The van der Waals surface area contributed by atoms with Crippen LogP contribution < -0.4 is 5.73 Å². The van der Waals surface area contributed by atoms with Gasteiger partial charge in [0.05, 0.1) is 9.64 Å². The van der Waals surface area contributed by atoms with Crippen LogP contribution in [-0.4, -0.2) is 19.2 Å². The lowest BCUT2D eigenvalue weighted by Gasteiger charge is -2.44. The van der Waals surface area contributed by atoms with Crippen molar-refractivity contribution in [2.75, 3.05) is 0 Å². The zero-order valence-corrected chi connectivity index (χ0v) is 10.5. The average Bonchev–Trinajstić information content (AvgIpc) is 2.14. The van der Waals surface area contributed by atoms with E-state index < -0.39 is 26.4 Å². The normalized spacial score (nSPS) is 20.6. The van der Waals surface area contributed by atoms with Crippen LogP contribution in [0, 0.1) is 5.82 Å². The molecule has 1 aliphatic rings. The van der Waals surface area contributed by atoms with E-state index in [1.165, 1.54) is 24.3 Å². The van der Waals surface area contributed by atoms with Crippen molar-refractivity contribution < 1.29 is 12.8 Å². The van der Waals surface area contributed by atoms with Gasteiger partial charge in [0.1, 0.15) is 5.82 Å². The van der Waals surface area contributed by atoms with Gasteiger partial charge in [-0.3, -0.25) is 0 Å². The monoisotopic (exact) mass is 257 g/mol. The summed E-state index contributed by atoms with van der Waals surface area (Å²) < 4.78 is 36.9. The molecule has 0 spiro atoms. The Labute approximate surface area is 101 Å². The van der Waals surface area contributed by atoms with Gasteiger partial charge in [-0.15, -0.1) is 0 Å². The molecule has 17 heavy (non-hydrogen) atoms. The van der Waals surface area contributed by atoms with Crippen molar-refractivity contribution in [1.82, 2.24) is 0 Å². The van der Waals surface area contributed by atoms with Crippen molar-refractivity contribution in [3.05, 3.63) is 30.1 Å². The molecule has 1 fully saturated rings. The summed E-state index contributed by atoms with van der Waals surface area (Å²) in [6.07, 6.45) is 2.05. The summed E-state index contributed by atoms with van der Waals surface area (Å²) in [6.45, 7) is 1.72. The third-order valence-corrected chi connectivity index (χ3v) is 6.43. The zero-order chi connectivity index (χ0) is 12.7. The molecule has 2 rings (SSSR count). The Morgan fingerprint density at radius 3 is 2.18 bits per heavy atom. The molecule has 3 nitrogen and oxygen atoms in total. The highest BCUT2D eigenvalue weighted by Gasteiger charge is 2.52. The van der Waals surface area contributed by atoms with E-state index >= 15 is 0 Å². The fraction of sp³-hybridized carbons (Fsp3) is 0.500. The minimum absolute atomic E-state index is 0.163. The van der Waals surface area contributed by atoms with Gasteiger partial charge in [0.15, 0.2) is 9.84 Å². The van der Waals surface area contributed by atoms with Gasteiger partial charge in [-0.05, 0) is 44.0 Å². The van der Waals surface area contributed by atoms with Crippen LogP contribution in [0.2, 0.25) is 0 Å². The molecule has 0 aliphatic heterocycles. The molecule has 2 N–H and O–H groups in total. The Kier molecular flexibility index (Phi) is 2.99. The van der Waals surface area contributed by atoms with Crippen LogP contribution in [0.3, 0.4) is 0 Å². The number of benzene rings is 1. The van der Waals surface area contributed by atoms with E-state index in [-0.39, 0.29) is 4.90 Å². The van der Waals surface area contributed by atoms with Crippen molar-refractivity contribution in [1.29, 1.82) is 0 Å². The van der Waals surface area contributed by atoms with Crippen LogP contribution in [0.4, 0.5) is 4.39 Å². The number of hydrogen-bond acceptors (Lipinski definition) is 3. The molecule has 1 unspecified atom stereocenters. The first-order valence-electron chi connectivity index (χ1n) is 5.66. The summed E-state index contributed by atoms with van der Waals surface area (Å²) in [7, 11) is -3.47. The number of hydrogen-bond donors (Lipinski definition) is 1. The van der Waals surface area contributed by atoms with Crippen LogP contribution in [0.25, 0.3) is 0 Å². The van der Waals surface area contributed by atoms with Crippen molar-refractivity contribution in [2.45, 2.75) is 41.9 Å². The maximum absolute atomic E-state index is 12.8. The molecule has 0 amide bonds. The van der Waals surface area contributed by atoms with Gasteiger partial charge in [-0.25, -0.2) is 12.8 Å². The van der Waals surface area contributed by atoms with Gasteiger partial charge < -0.3 is 5.73 Å². The molecule has 0 radical (unpaired) electrons. The largest absolute Gasteiger partial charge is 0.327 e. The van der Waals surface area contributed by atoms with Gasteiger partial charge in [-0.2, -0.15) is 0 Å². The topological polar surface area (TPSA) is 60.2 Å². The number of rotatable bonds is 3. The van der Waals surface area contributed by atoms with Crippen molar-refractivity contribution in [3.8, 4) is 0 Å². The molecular formula is C12H16FNO2S. The Balaban J connectivity index is 2.46. The van der Waals surface area contributed by atoms with E-state index in [4.69, 9.17) is 5.73 Å². The molecule has 1 saturated carbocycles. The lowest BCUT2D eigenvalue weighted by atomic mass is 9.79. The molecule has 1 atom stereocenters. The lowest BCUT2D eigenvalue weighted by Crippen LogP contribution is -2.56. The van der Waals surface area contributed by atoms with E-state index in [0.29, 0.717) is 12.8 Å². The molecule has 0 heterocycles. The smallest absolute Gasteiger partial charge is 0.185 e. The van der Waals surface area contributed by atoms with E-state index in [9.17, 15) is 12.8 Å². The number of halogens is 1. The molecular weight excluding hydrogens is 241 g/mol. The number of sulfone groups is 1. The molecule has 5 heteroatoms. The molecule has 0 bridgehead atoms. The minimum atomic E-state index is -3.47. The Bertz CT molecular complexity index is 504. The van der Waals surface area contributed by atoms with Gasteiger partial charge in [0.2, 0.25) is 0 Å². The van der Waals surface area contributed by atoms with Crippen molar-refractivity contribution >= 4 is 9.84 Å². The fourth-order valence-electron chi connectivity index (χ4n) is 2.34. The summed E-state index contributed by atoms with van der Waals surface area (Å²) in [5, 5.41) is 0. The lowest BCUT2D eigenvalue weighted by molar-refractivity contribution is 0.296. The van der Waals surface area contributed by atoms with E-state index in [1.807, 2.05) is 0 Å². The average molecular weight is 257 g/mol. The first-order chi connectivity index (χ1) is 7.90. The summed E-state index contributed by atoms with van der Waals surface area (Å²) in [4.78, 5) is 0.163. The molecule has 0 aromatic heterocycles. The predicted molar refractivity (Wildman–Crippen MR) is 63.8 cm³/mol. The quantitative estimate of drug-likeness (QED) is 0.841. The number of nitrogens with two attached hydrogens (primary N) is 1.